The molecule has 0 radical (unpaired) electrons. The molecule has 2 saturated carbocycles. The van der Waals surface area contributed by atoms with Crippen molar-refractivity contribution in [3.05, 3.63) is 11.8 Å². The Morgan fingerprint density at radius 1 is 1.07 bits per heavy atom. The monoisotopic (exact) mass is 404 g/mol. The molecule has 29 heavy (non-hydrogen) atoms. The number of allylic oxidation sites excluding steroid dienone is 2. The second-order valence-electron chi connectivity index (χ2n) is 10.1. The van der Waals surface area contributed by atoms with Crippen molar-refractivity contribution >= 4 is 11.8 Å². The van der Waals surface area contributed by atoms with E-state index in [0.717, 1.165) is 19.3 Å². The van der Waals surface area contributed by atoms with Gasteiger partial charge in [-0.05, 0) is 43.6 Å². The Balaban J connectivity index is 1.42. The topological polar surface area (TPSA) is 80.3 Å². The lowest BCUT2D eigenvalue weighted by atomic mass is 9.48. The molecule has 6 rings (SSSR count). The molecule has 3 aliphatic heterocycles. The highest BCUT2D eigenvalue weighted by Crippen LogP contribution is 2.70. The summed E-state index contributed by atoms with van der Waals surface area (Å²) in [6.07, 6.45) is 6.09. The minimum Gasteiger partial charge on any atom is -0.431 e. The second kappa shape index (κ2) is 5.69. The molecule has 0 amide bonds. The largest absolute Gasteiger partial charge is 0.431 e. The number of hydrogen-bond acceptors (Lipinski definition) is 7. The zero-order valence-corrected chi connectivity index (χ0v) is 17.0. The van der Waals surface area contributed by atoms with E-state index >= 15 is 0 Å². The van der Waals surface area contributed by atoms with E-state index in [1.807, 2.05) is 0 Å². The van der Waals surface area contributed by atoms with Crippen molar-refractivity contribution < 1.29 is 33.3 Å². The molecular weight excluding hydrogens is 376 g/mol. The van der Waals surface area contributed by atoms with E-state index in [1.54, 1.807) is 0 Å². The van der Waals surface area contributed by atoms with E-state index in [2.05, 4.69) is 19.9 Å². The lowest BCUT2D eigenvalue weighted by Gasteiger charge is -2.57. The number of carbonyl (C=O) groups excluding carboxylic acids is 2. The van der Waals surface area contributed by atoms with Gasteiger partial charge in [-0.15, -0.1) is 0 Å². The van der Waals surface area contributed by atoms with Crippen molar-refractivity contribution in [2.45, 2.75) is 63.8 Å². The van der Waals surface area contributed by atoms with E-state index in [4.69, 9.17) is 23.7 Å². The number of Topliss-reactive ketones (excluding diaryl/α,β-unsaturated/α-hetero) is 1. The van der Waals surface area contributed by atoms with Crippen LogP contribution in [0.3, 0.4) is 0 Å². The van der Waals surface area contributed by atoms with Crippen molar-refractivity contribution in [3.8, 4) is 0 Å². The summed E-state index contributed by atoms with van der Waals surface area (Å²) in [5, 5.41) is 0. The first-order valence-corrected chi connectivity index (χ1v) is 10.8. The molecule has 0 aromatic carbocycles. The van der Waals surface area contributed by atoms with Crippen LogP contribution in [0.1, 0.15) is 52.4 Å². The van der Waals surface area contributed by atoms with Crippen LogP contribution >= 0.6 is 0 Å². The van der Waals surface area contributed by atoms with E-state index in [9.17, 15) is 9.59 Å². The highest BCUT2D eigenvalue weighted by atomic mass is 16.9. The van der Waals surface area contributed by atoms with Gasteiger partial charge in [-0.25, -0.2) is 0 Å². The Morgan fingerprint density at radius 3 is 2.69 bits per heavy atom. The molecule has 2 spiro atoms. The number of rotatable bonds is 0. The molecule has 6 aliphatic rings. The van der Waals surface area contributed by atoms with Gasteiger partial charge in [-0.3, -0.25) is 9.59 Å². The molecule has 0 aromatic rings. The summed E-state index contributed by atoms with van der Waals surface area (Å²) in [4.78, 5) is 25.6. The van der Waals surface area contributed by atoms with Gasteiger partial charge in [0.25, 0.3) is 0 Å². The summed E-state index contributed by atoms with van der Waals surface area (Å²) in [5.74, 6) is 0.299. The van der Waals surface area contributed by atoms with Crippen LogP contribution in [-0.2, 0) is 33.3 Å². The first-order valence-electron chi connectivity index (χ1n) is 10.8. The van der Waals surface area contributed by atoms with Crippen molar-refractivity contribution in [1.29, 1.82) is 0 Å². The molecule has 5 fully saturated rings. The van der Waals surface area contributed by atoms with E-state index in [0.29, 0.717) is 37.5 Å². The quantitative estimate of drug-likeness (QED) is 0.574. The Hall–Kier alpha value is -1.28. The van der Waals surface area contributed by atoms with E-state index < -0.39 is 11.4 Å². The fourth-order valence-electron chi connectivity index (χ4n) is 7.88. The maximum absolute atomic E-state index is 13.7. The van der Waals surface area contributed by atoms with Crippen molar-refractivity contribution in [2.75, 3.05) is 20.2 Å². The number of ether oxygens (including phenoxy) is 5. The normalized spacial score (nSPS) is 53.6. The molecule has 0 unspecified atom stereocenters. The van der Waals surface area contributed by atoms with Crippen molar-refractivity contribution in [3.63, 3.8) is 0 Å². The van der Waals surface area contributed by atoms with Gasteiger partial charge in [0, 0.05) is 29.6 Å². The van der Waals surface area contributed by atoms with Gasteiger partial charge in [-0.2, -0.15) is 0 Å². The van der Waals surface area contributed by atoms with Gasteiger partial charge in [0.15, 0.2) is 13.6 Å². The predicted molar refractivity (Wildman–Crippen MR) is 98.0 cm³/mol. The van der Waals surface area contributed by atoms with Gasteiger partial charge >= 0.3 is 5.97 Å². The third-order valence-electron chi connectivity index (χ3n) is 9.16. The number of fused-ring (bicyclic) bond motifs is 7. The summed E-state index contributed by atoms with van der Waals surface area (Å²) in [6, 6.07) is 0. The third kappa shape index (κ3) is 2.03. The van der Waals surface area contributed by atoms with Crippen LogP contribution < -0.4 is 0 Å². The average molecular weight is 404 g/mol. The summed E-state index contributed by atoms with van der Waals surface area (Å²) in [6.45, 7) is 5.01. The van der Waals surface area contributed by atoms with Gasteiger partial charge in [-0.1, -0.05) is 13.8 Å². The van der Waals surface area contributed by atoms with Crippen LogP contribution in [0, 0.1) is 28.6 Å². The summed E-state index contributed by atoms with van der Waals surface area (Å²) < 4.78 is 29.4. The Labute approximate surface area is 170 Å². The molecule has 7 heteroatoms. The van der Waals surface area contributed by atoms with Crippen LogP contribution in [0.25, 0.3) is 0 Å². The van der Waals surface area contributed by atoms with Gasteiger partial charge in [0.05, 0.1) is 0 Å². The van der Waals surface area contributed by atoms with E-state index in [-0.39, 0.29) is 48.0 Å². The predicted octanol–water partition coefficient (Wildman–Crippen LogP) is 2.68. The Kier molecular flexibility index (Phi) is 3.63. The fraction of sp³-hybridized carbons (Fsp3) is 0.818. The highest BCUT2D eigenvalue weighted by molar-refractivity contribution is 5.86. The fourth-order valence-corrected chi connectivity index (χ4v) is 7.88. The summed E-state index contributed by atoms with van der Waals surface area (Å²) >= 11 is 0. The number of ketones is 1. The first-order chi connectivity index (χ1) is 13.9. The minimum absolute atomic E-state index is 0.108. The smallest absolute Gasteiger partial charge is 0.310 e. The Bertz CT molecular complexity index is 808. The Morgan fingerprint density at radius 2 is 1.90 bits per heavy atom. The van der Waals surface area contributed by atoms with E-state index in [1.165, 1.54) is 0 Å². The second-order valence-corrected chi connectivity index (χ2v) is 10.1. The van der Waals surface area contributed by atoms with Crippen LogP contribution in [0.15, 0.2) is 11.8 Å². The van der Waals surface area contributed by atoms with Crippen LogP contribution in [0.5, 0.6) is 0 Å². The molecule has 158 valence electrons. The maximum atomic E-state index is 13.7. The lowest BCUT2D eigenvalue weighted by molar-refractivity contribution is -0.246. The zero-order chi connectivity index (χ0) is 20.1. The van der Waals surface area contributed by atoms with Crippen molar-refractivity contribution in [2.24, 2.45) is 28.6 Å². The van der Waals surface area contributed by atoms with Crippen LogP contribution in [-0.4, -0.2) is 43.3 Å². The van der Waals surface area contributed by atoms with Crippen LogP contribution in [0.4, 0.5) is 0 Å². The van der Waals surface area contributed by atoms with Crippen LogP contribution in [0.2, 0.25) is 0 Å². The number of carbonyl (C=O) groups is 2. The van der Waals surface area contributed by atoms with Gasteiger partial charge < -0.3 is 23.7 Å². The number of esters is 1. The van der Waals surface area contributed by atoms with Gasteiger partial charge in [0.1, 0.15) is 23.8 Å². The minimum atomic E-state index is -0.913. The summed E-state index contributed by atoms with van der Waals surface area (Å²) in [7, 11) is 0. The molecule has 7 atom stereocenters. The SMILES string of the molecule is C[C@]12CCC(=O)OC1=CC[C@H]1[C@H]2C(=O)C[C@@]2(C)[C@H]1CC[C@@]21OCO[C@@]12COCO2. The molecule has 3 aliphatic carbocycles. The van der Waals surface area contributed by atoms with Gasteiger partial charge in [0.2, 0.25) is 5.79 Å². The highest BCUT2D eigenvalue weighted by Gasteiger charge is 2.76. The van der Waals surface area contributed by atoms with Crippen molar-refractivity contribution in [1.82, 2.24) is 0 Å². The molecule has 3 saturated heterocycles. The zero-order valence-electron chi connectivity index (χ0n) is 17.0. The third-order valence-corrected chi connectivity index (χ3v) is 9.16. The standard InChI is InChI=1S/C22H28O7/c1-19-7-6-17(24)29-16(19)4-3-13-14-5-8-21(20(14,2)9-15(23)18(13)19)22(28-12-26-21)10-25-11-27-22/h4,13-14,18H,3,5-12H2,1-2H3/t13-,14+,18+,19+,20+,21-,22+/m1/s1. The molecular formula is C22H28O7. The molecule has 3 heterocycles. The lowest BCUT2D eigenvalue weighted by Crippen LogP contribution is -2.65. The summed E-state index contributed by atoms with van der Waals surface area (Å²) in [5.41, 5.74) is -1.42. The maximum Gasteiger partial charge on any atom is 0.310 e. The average Bonchev–Trinajstić information content (AvgIpc) is 3.37. The molecule has 7 nitrogen and oxygen atoms in total. The molecule has 0 N–H and O–H groups in total. The molecule has 0 aromatic heterocycles. The number of hydrogen-bond donors (Lipinski definition) is 0. The molecule has 0 bridgehead atoms. The first kappa shape index (κ1) is 18.5.